The lowest BCUT2D eigenvalue weighted by molar-refractivity contribution is -0.120. The molecule has 0 bridgehead atoms. The molecule has 1 saturated heterocycles. The quantitative estimate of drug-likeness (QED) is 0.845. The highest BCUT2D eigenvalue weighted by Crippen LogP contribution is 2.25. The molecule has 5 nitrogen and oxygen atoms in total. The van der Waals surface area contributed by atoms with Gasteiger partial charge in [-0.15, -0.1) is 0 Å². The number of para-hydroxylation sites is 2. The lowest BCUT2D eigenvalue weighted by atomic mass is 10.0. The van der Waals surface area contributed by atoms with Gasteiger partial charge in [0, 0.05) is 6.54 Å². The van der Waals surface area contributed by atoms with E-state index in [4.69, 9.17) is 4.74 Å². The van der Waals surface area contributed by atoms with Crippen LogP contribution in [0.4, 0.5) is 5.69 Å². The summed E-state index contributed by atoms with van der Waals surface area (Å²) >= 11 is 0. The molecule has 3 unspecified atom stereocenters. The number of hydrogen-bond acceptors (Lipinski definition) is 4. The zero-order chi connectivity index (χ0) is 16.1. The lowest BCUT2D eigenvalue weighted by Gasteiger charge is -2.24. The Bertz CT molecular complexity index is 504. The first-order valence-corrected chi connectivity index (χ1v) is 7.97. The monoisotopic (exact) mass is 306 g/mol. The van der Waals surface area contributed by atoms with Crippen molar-refractivity contribution in [2.75, 3.05) is 25.0 Å². The van der Waals surface area contributed by atoms with E-state index >= 15 is 0 Å². The number of carbonyl (C=O) groups is 1. The van der Waals surface area contributed by atoms with Crippen LogP contribution in [0.3, 0.4) is 0 Å². The maximum absolute atomic E-state index is 12.5. The van der Waals surface area contributed by atoms with Crippen LogP contribution in [0.2, 0.25) is 0 Å². The Morgan fingerprint density at radius 3 is 2.82 bits per heavy atom. The van der Waals surface area contributed by atoms with Crippen LogP contribution >= 0.6 is 0 Å². The van der Waals surface area contributed by atoms with Crippen molar-refractivity contribution in [3.63, 3.8) is 0 Å². The fourth-order valence-electron chi connectivity index (χ4n) is 2.82. The van der Waals surface area contributed by atoms with Crippen LogP contribution in [0, 0.1) is 5.92 Å². The van der Waals surface area contributed by atoms with Gasteiger partial charge >= 0.3 is 0 Å². The van der Waals surface area contributed by atoms with Crippen LogP contribution in [0.15, 0.2) is 24.3 Å². The second-order valence-electron chi connectivity index (χ2n) is 5.88. The van der Waals surface area contributed by atoms with E-state index in [0.717, 1.165) is 19.5 Å². The van der Waals surface area contributed by atoms with Crippen molar-refractivity contribution in [2.45, 2.75) is 39.3 Å². The van der Waals surface area contributed by atoms with E-state index in [9.17, 15) is 9.90 Å². The largest absolute Gasteiger partial charge is 0.492 e. The number of rotatable bonds is 6. The number of likely N-dealkylation sites (tertiary alicyclic amines) is 1. The van der Waals surface area contributed by atoms with Gasteiger partial charge in [-0.1, -0.05) is 12.1 Å². The number of carbonyl (C=O) groups excluding carboxylic acids is 1. The minimum atomic E-state index is -0.320. The van der Waals surface area contributed by atoms with Crippen molar-refractivity contribution in [3.05, 3.63) is 24.3 Å². The molecule has 1 aliphatic heterocycles. The molecule has 0 saturated carbocycles. The molecule has 0 aromatic heterocycles. The molecule has 122 valence electrons. The summed E-state index contributed by atoms with van der Waals surface area (Å²) in [6.07, 6.45) is 0.615. The summed E-state index contributed by atoms with van der Waals surface area (Å²) in [4.78, 5) is 14.6. The van der Waals surface area contributed by atoms with E-state index in [1.54, 1.807) is 0 Å². The van der Waals surface area contributed by atoms with Crippen LogP contribution in [0.25, 0.3) is 0 Å². The third-order valence-corrected chi connectivity index (χ3v) is 4.31. The van der Waals surface area contributed by atoms with E-state index in [-0.39, 0.29) is 24.0 Å². The third-order valence-electron chi connectivity index (χ3n) is 4.31. The Morgan fingerprint density at radius 2 is 2.18 bits per heavy atom. The molecule has 1 aromatic carbocycles. The van der Waals surface area contributed by atoms with Crippen LogP contribution in [-0.2, 0) is 4.79 Å². The van der Waals surface area contributed by atoms with Gasteiger partial charge in [0.2, 0.25) is 5.91 Å². The van der Waals surface area contributed by atoms with E-state index in [1.165, 1.54) is 0 Å². The molecule has 2 N–H and O–H groups in total. The average molecular weight is 306 g/mol. The van der Waals surface area contributed by atoms with Crippen molar-refractivity contribution in [1.29, 1.82) is 0 Å². The molecule has 1 aromatic rings. The maximum atomic E-state index is 12.5. The van der Waals surface area contributed by atoms with Gasteiger partial charge in [-0.3, -0.25) is 9.69 Å². The minimum absolute atomic E-state index is 0.0432. The number of nitrogens with zero attached hydrogens (tertiary/aromatic N) is 1. The second kappa shape index (κ2) is 7.61. The Morgan fingerprint density at radius 1 is 1.45 bits per heavy atom. The van der Waals surface area contributed by atoms with Crippen LogP contribution in [0.1, 0.15) is 27.2 Å². The number of aliphatic hydroxyl groups excluding tert-OH is 1. The topological polar surface area (TPSA) is 61.8 Å². The van der Waals surface area contributed by atoms with Gasteiger partial charge in [0.15, 0.2) is 0 Å². The third kappa shape index (κ3) is 3.99. The molecule has 0 aliphatic carbocycles. The van der Waals surface area contributed by atoms with Crippen LogP contribution < -0.4 is 10.1 Å². The highest BCUT2D eigenvalue weighted by Gasteiger charge is 2.31. The van der Waals surface area contributed by atoms with Crippen LogP contribution in [0.5, 0.6) is 5.75 Å². The summed E-state index contributed by atoms with van der Waals surface area (Å²) in [6, 6.07) is 7.24. The summed E-state index contributed by atoms with van der Waals surface area (Å²) in [7, 11) is 0. The Kier molecular flexibility index (Phi) is 5.80. The van der Waals surface area contributed by atoms with Crippen molar-refractivity contribution < 1.29 is 14.6 Å². The van der Waals surface area contributed by atoms with Gasteiger partial charge in [0.1, 0.15) is 5.75 Å². The minimum Gasteiger partial charge on any atom is -0.492 e. The number of nitrogens with one attached hydrogen (secondary N) is 1. The highest BCUT2D eigenvalue weighted by atomic mass is 16.5. The fraction of sp³-hybridized carbons (Fsp3) is 0.588. The molecule has 1 aliphatic rings. The molecular weight excluding hydrogens is 280 g/mol. The van der Waals surface area contributed by atoms with E-state index in [0.29, 0.717) is 18.0 Å². The molecule has 1 amide bonds. The van der Waals surface area contributed by atoms with Crippen molar-refractivity contribution in [1.82, 2.24) is 4.90 Å². The van der Waals surface area contributed by atoms with Crippen LogP contribution in [-0.4, -0.2) is 47.8 Å². The summed E-state index contributed by atoms with van der Waals surface area (Å²) in [5.41, 5.74) is 0.701. The molecule has 1 fully saturated rings. The molecule has 22 heavy (non-hydrogen) atoms. The first-order chi connectivity index (χ1) is 10.5. The molecule has 2 rings (SSSR count). The number of benzene rings is 1. The predicted molar refractivity (Wildman–Crippen MR) is 87.1 cm³/mol. The number of amides is 1. The Hall–Kier alpha value is -1.59. The maximum Gasteiger partial charge on any atom is 0.241 e. The highest BCUT2D eigenvalue weighted by molar-refractivity contribution is 5.95. The molecule has 0 radical (unpaired) electrons. The number of anilines is 1. The molecule has 0 spiro atoms. The number of hydrogen-bond donors (Lipinski definition) is 2. The Balaban J connectivity index is 1.97. The van der Waals surface area contributed by atoms with Gasteiger partial charge < -0.3 is 15.2 Å². The number of ether oxygens (including phenoxy) is 1. The Labute approximate surface area is 132 Å². The van der Waals surface area contributed by atoms with Gasteiger partial charge in [-0.25, -0.2) is 0 Å². The predicted octanol–water partition coefficient (Wildman–Crippen LogP) is 2.12. The first-order valence-electron chi connectivity index (χ1n) is 7.97. The van der Waals surface area contributed by atoms with E-state index < -0.39 is 0 Å². The summed E-state index contributed by atoms with van der Waals surface area (Å²) < 4.78 is 5.53. The first kappa shape index (κ1) is 16.8. The van der Waals surface area contributed by atoms with E-state index in [2.05, 4.69) is 10.2 Å². The SMILES string of the molecule is CCOc1ccccc1NC(=O)C(C)N1CCC(C(C)O)C1. The summed E-state index contributed by atoms with van der Waals surface area (Å²) in [5.74, 6) is 0.901. The van der Waals surface area contributed by atoms with Gasteiger partial charge in [-0.05, 0) is 51.8 Å². The van der Waals surface area contributed by atoms with Gasteiger partial charge in [0.25, 0.3) is 0 Å². The van der Waals surface area contributed by atoms with Crippen molar-refractivity contribution in [2.24, 2.45) is 5.92 Å². The normalized spacial score (nSPS) is 21.4. The summed E-state index contributed by atoms with van der Waals surface area (Å²) in [6.45, 7) is 7.81. The van der Waals surface area contributed by atoms with Crippen molar-refractivity contribution >= 4 is 11.6 Å². The molecule has 5 heteroatoms. The smallest absolute Gasteiger partial charge is 0.241 e. The molecular formula is C17H26N2O3. The zero-order valence-corrected chi connectivity index (χ0v) is 13.6. The molecule has 3 atom stereocenters. The fourth-order valence-corrected chi connectivity index (χ4v) is 2.82. The standard InChI is InChI=1S/C17H26N2O3/c1-4-22-16-8-6-5-7-15(16)18-17(21)12(2)19-10-9-14(11-19)13(3)20/h5-8,12-14,20H,4,9-11H2,1-3H3,(H,18,21). The van der Waals surface area contributed by atoms with E-state index in [1.807, 2.05) is 45.0 Å². The number of aliphatic hydroxyl groups is 1. The van der Waals surface area contributed by atoms with Gasteiger partial charge in [0.05, 0.1) is 24.4 Å². The lowest BCUT2D eigenvalue weighted by Crippen LogP contribution is -2.41. The van der Waals surface area contributed by atoms with Crippen molar-refractivity contribution in [3.8, 4) is 5.75 Å². The zero-order valence-electron chi connectivity index (χ0n) is 13.6. The second-order valence-corrected chi connectivity index (χ2v) is 5.88. The van der Waals surface area contributed by atoms with Gasteiger partial charge in [-0.2, -0.15) is 0 Å². The average Bonchev–Trinajstić information content (AvgIpc) is 2.98. The molecule has 1 heterocycles. The summed E-state index contributed by atoms with van der Waals surface area (Å²) in [5, 5.41) is 12.6.